The van der Waals surface area contributed by atoms with Gasteiger partial charge >= 0.3 is 0 Å². The third kappa shape index (κ3) is 8.51. The van der Waals surface area contributed by atoms with E-state index in [1.807, 2.05) is 13.8 Å². The Morgan fingerprint density at radius 1 is 1.25 bits per heavy atom. The largest absolute Gasteiger partial charge is 0.455 e. The number of nitrogens with zero attached hydrogens (tertiary/aromatic N) is 2. The van der Waals surface area contributed by atoms with Gasteiger partial charge in [-0.1, -0.05) is 29.0 Å². The van der Waals surface area contributed by atoms with Gasteiger partial charge in [0.1, 0.15) is 11.5 Å². The molecule has 1 atom stereocenters. The van der Waals surface area contributed by atoms with Gasteiger partial charge in [0.05, 0.1) is 52.2 Å². The highest BCUT2D eigenvalue weighted by Gasteiger charge is 2.17. The molecular weight excluding hydrogens is 522 g/mol. The number of ether oxygens (including phenoxy) is 1. The highest BCUT2D eigenvalue weighted by Crippen LogP contribution is 2.36. The van der Waals surface area contributed by atoms with E-state index < -0.39 is 11.1 Å². The Hall–Kier alpha value is -3.98. The first-order valence-electron chi connectivity index (χ1n) is 12.3. The minimum Gasteiger partial charge on any atom is -0.455 e. The van der Waals surface area contributed by atoms with Crippen LogP contribution in [-0.2, 0) is 11.2 Å². The number of carbonyl (C=O) groups excluding carboxylic acids is 2. The van der Waals surface area contributed by atoms with Gasteiger partial charge < -0.3 is 21.1 Å². The van der Waals surface area contributed by atoms with Gasteiger partial charge in [0.15, 0.2) is 0 Å². The SMILES string of the molecule is [B]C([B])([B])NC(=O)c1ccc2nccc(Oc3c(C)cc(CC(=O)N/C(C=NC(C)CC=C)=C/N)cc3Cl)c2c1. The number of nitrogens with one attached hydrogen (secondary N) is 2. The number of fused-ring (bicyclic) bond motifs is 1. The van der Waals surface area contributed by atoms with E-state index in [-0.39, 0.29) is 23.9 Å². The standard InChI is InChI=1S/C28H27B3ClN5O3/c1-4-5-17(3)35-15-20(14-33)36-25(38)12-18-10-16(2)26(22(32)11-18)40-24-8-9-34-23-7-6-19(13-21(23)24)27(39)37-28(29,30)31/h4,6-11,13-15,17H,1,5,12,33H2,2-3H3,(H,36,38)(H,37,39)/b20-14+,35-15?. The number of nitrogens with two attached hydrogens (primary N) is 1. The molecular formula is C28H27B3ClN5O3. The number of aliphatic imine (C=N–C) groups is 1. The molecule has 0 saturated heterocycles. The smallest absolute Gasteiger partial charge is 0.249 e. The number of benzene rings is 2. The molecule has 198 valence electrons. The number of halogens is 1. The molecule has 8 nitrogen and oxygen atoms in total. The van der Waals surface area contributed by atoms with Crippen LogP contribution in [0.5, 0.6) is 11.5 Å². The van der Waals surface area contributed by atoms with Gasteiger partial charge in [0, 0.05) is 29.6 Å². The summed E-state index contributed by atoms with van der Waals surface area (Å²) in [7, 11) is 16.5. The Balaban J connectivity index is 1.79. The highest BCUT2D eigenvalue weighted by molar-refractivity contribution is 6.60. The van der Waals surface area contributed by atoms with Crippen LogP contribution in [0.25, 0.3) is 10.9 Å². The third-order valence-corrected chi connectivity index (χ3v) is 5.88. The number of amides is 2. The molecule has 12 heteroatoms. The van der Waals surface area contributed by atoms with Gasteiger partial charge in [-0.15, -0.1) is 6.58 Å². The van der Waals surface area contributed by atoms with E-state index in [0.717, 1.165) is 0 Å². The Labute approximate surface area is 242 Å². The first kappa shape index (κ1) is 30.6. The summed E-state index contributed by atoms with van der Waals surface area (Å²) in [6.45, 7) is 7.43. The van der Waals surface area contributed by atoms with Gasteiger partial charge in [-0.05, 0) is 61.7 Å². The monoisotopic (exact) mass is 549 g/mol. The minimum atomic E-state index is -1.87. The number of pyridine rings is 1. The summed E-state index contributed by atoms with van der Waals surface area (Å²) in [6, 6.07) is 9.94. The predicted molar refractivity (Wildman–Crippen MR) is 162 cm³/mol. The zero-order chi connectivity index (χ0) is 29.4. The van der Waals surface area contributed by atoms with Crippen molar-refractivity contribution in [1.82, 2.24) is 15.6 Å². The molecule has 0 bridgehead atoms. The summed E-state index contributed by atoms with van der Waals surface area (Å²) >= 11 is 6.58. The quantitative estimate of drug-likeness (QED) is 0.193. The van der Waals surface area contributed by atoms with Crippen LogP contribution in [-0.4, -0.2) is 57.8 Å². The fourth-order valence-corrected chi connectivity index (χ4v) is 4.11. The van der Waals surface area contributed by atoms with Gasteiger partial charge in [0.2, 0.25) is 11.8 Å². The molecule has 1 unspecified atom stereocenters. The van der Waals surface area contributed by atoms with Gasteiger partial charge in [-0.2, -0.15) is 0 Å². The lowest BCUT2D eigenvalue weighted by Gasteiger charge is -2.22. The molecule has 2 amide bonds. The molecule has 0 saturated carbocycles. The molecule has 0 fully saturated rings. The van der Waals surface area contributed by atoms with Crippen molar-refractivity contribution in [1.29, 1.82) is 0 Å². The summed E-state index contributed by atoms with van der Waals surface area (Å²) in [6.07, 6.45) is 6.91. The van der Waals surface area contributed by atoms with Crippen molar-refractivity contribution in [2.45, 2.75) is 38.0 Å². The molecule has 3 rings (SSSR count). The summed E-state index contributed by atoms with van der Waals surface area (Å²) in [5.41, 5.74) is 8.24. The molecule has 1 heterocycles. The van der Waals surface area contributed by atoms with Crippen molar-refractivity contribution < 1.29 is 14.3 Å². The number of hydrogen-bond donors (Lipinski definition) is 3. The number of aryl methyl sites for hydroxylation is 1. The molecule has 0 aliphatic heterocycles. The first-order chi connectivity index (χ1) is 18.9. The second kappa shape index (κ2) is 13.4. The fraction of sp³-hybridized carbons (Fsp3) is 0.214. The summed E-state index contributed by atoms with van der Waals surface area (Å²) in [5, 5.41) is 4.02. The number of aromatic nitrogens is 1. The predicted octanol–water partition coefficient (Wildman–Crippen LogP) is 3.33. The van der Waals surface area contributed by atoms with E-state index in [2.05, 4.69) is 27.2 Å². The van der Waals surface area contributed by atoms with Crippen LogP contribution in [0.3, 0.4) is 0 Å². The van der Waals surface area contributed by atoms with E-state index in [1.54, 1.807) is 48.7 Å². The number of hydrogen-bond acceptors (Lipinski definition) is 6. The van der Waals surface area contributed by atoms with E-state index in [1.165, 1.54) is 12.4 Å². The normalized spacial score (nSPS) is 12.7. The minimum absolute atomic E-state index is 0.0156. The van der Waals surface area contributed by atoms with Crippen molar-refractivity contribution >= 4 is 64.1 Å². The van der Waals surface area contributed by atoms with E-state index in [0.29, 0.717) is 50.7 Å². The Morgan fingerprint density at radius 2 is 2.00 bits per heavy atom. The number of carbonyl (C=O) groups is 2. The lowest BCUT2D eigenvalue weighted by atomic mass is 9.49. The summed E-state index contributed by atoms with van der Waals surface area (Å²) < 4.78 is 6.18. The van der Waals surface area contributed by atoms with E-state index in [9.17, 15) is 9.59 Å². The zero-order valence-corrected chi connectivity index (χ0v) is 23.0. The summed E-state index contributed by atoms with van der Waals surface area (Å²) in [5.74, 6) is -0.0430. The van der Waals surface area contributed by atoms with Crippen LogP contribution >= 0.6 is 11.6 Å². The number of rotatable bonds is 11. The van der Waals surface area contributed by atoms with Crippen molar-refractivity contribution in [2.75, 3.05) is 0 Å². The highest BCUT2D eigenvalue weighted by atomic mass is 35.5. The van der Waals surface area contributed by atoms with Crippen molar-refractivity contribution in [3.63, 3.8) is 0 Å². The lowest BCUT2D eigenvalue weighted by molar-refractivity contribution is -0.119. The molecule has 2 aromatic carbocycles. The van der Waals surface area contributed by atoms with Gasteiger partial charge in [0.25, 0.3) is 0 Å². The second-order valence-electron chi connectivity index (χ2n) is 9.25. The third-order valence-electron chi connectivity index (χ3n) is 5.60. The first-order valence-corrected chi connectivity index (χ1v) is 12.7. The zero-order valence-electron chi connectivity index (χ0n) is 22.3. The molecule has 0 aliphatic carbocycles. The molecule has 4 N–H and O–H groups in total. The van der Waals surface area contributed by atoms with Crippen LogP contribution in [0.15, 0.2) is 72.1 Å². The molecule has 40 heavy (non-hydrogen) atoms. The fourth-order valence-electron chi connectivity index (χ4n) is 3.78. The van der Waals surface area contributed by atoms with Crippen LogP contribution < -0.4 is 21.1 Å². The van der Waals surface area contributed by atoms with Crippen molar-refractivity contribution in [3.05, 3.63) is 88.9 Å². The van der Waals surface area contributed by atoms with Crippen molar-refractivity contribution in [3.8, 4) is 11.5 Å². The average molecular weight is 549 g/mol. The van der Waals surface area contributed by atoms with Gasteiger partial charge in [-0.3, -0.25) is 19.6 Å². The van der Waals surface area contributed by atoms with Crippen molar-refractivity contribution in [2.24, 2.45) is 10.7 Å². The maximum absolute atomic E-state index is 12.6. The molecule has 6 radical (unpaired) electrons. The maximum atomic E-state index is 12.6. The summed E-state index contributed by atoms with van der Waals surface area (Å²) in [4.78, 5) is 33.8. The Bertz CT molecular complexity index is 1460. The Morgan fingerprint density at radius 3 is 2.65 bits per heavy atom. The van der Waals surface area contributed by atoms with Crippen LogP contribution in [0.1, 0.15) is 34.8 Å². The van der Waals surface area contributed by atoms with E-state index in [4.69, 9.17) is 45.6 Å². The molecule has 1 aromatic heterocycles. The van der Waals surface area contributed by atoms with Gasteiger partial charge in [-0.25, -0.2) is 0 Å². The van der Waals surface area contributed by atoms with E-state index >= 15 is 0 Å². The Kier molecular flexibility index (Phi) is 10.2. The maximum Gasteiger partial charge on any atom is 0.249 e. The average Bonchev–Trinajstić information content (AvgIpc) is 2.87. The number of allylic oxidation sites excluding steroid dienone is 1. The molecule has 0 spiro atoms. The van der Waals surface area contributed by atoms with Crippen LogP contribution in [0.4, 0.5) is 0 Å². The van der Waals surface area contributed by atoms with Crippen LogP contribution in [0.2, 0.25) is 5.02 Å². The topological polar surface area (TPSA) is 119 Å². The molecule has 0 aliphatic rings. The molecule has 3 aromatic rings. The van der Waals surface area contributed by atoms with Crippen LogP contribution in [0, 0.1) is 6.92 Å². The lowest BCUT2D eigenvalue weighted by Crippen LogP contribution is -2.50. The second-order valence-corrected chi connectivity index (χ2v) is 9.66.